The summed E-state index contributed by atoms with van der Waals surface area (Å²) in [6.45, 7) is -0.508. The Kier molecular flexibility index (Phi) is 3.42. The molecule has 0 amide bonds. The monoisotopic (exact) mass is 266 g/mol. The van der Waals surface area contributed by atoms with Crippen molar-refractivity contribution in [2.24, 2.45) is 0 Å². The molecule has 0 bridgehead atoms. The largest absolute Gasteiger partial charge is 0.629 e. The number of allylic oxidation sites excluding steroid dienone is 2. The number of benzene rings is 1. The minimum atomic E-state index is -4.63. The lowest BCUT2D eigenvalue weighted by Gasteiger charge is -2.29. The van der Waals surface area contributed by atoms with Gasteiger partial charge in [-0.3, -0.25) is 0 Å². The Morgan fingerprint density at radius 1 is 1.21 bits per heavy atom. The molecule has 1 aliphatic rings. The second-order valence-electron chi connectivity index (χ2n) is 4.03. The minimum absolute atomic E-state index is 0.00748. The topological polar surface area (TPSA) is 51.3 Å². The van der Waals surface area contributed by atoms with Crippen LogP contribution < -0.4 is 5.06 Å². The lowest BCUT2D eigenvalue weighted by molar-refractivity contribution is -0.763. The molecule has 0 aliphatic carbocycles. The number of nitrogens with zero attached hydrogens (tertiary/aromatic N) is 1. The van der Waals surface area contributed by atoms with E-state index in [1.807, 2.05) is 0 Å². The maximum Gasteiger partial charge on any atom is 0.417 e. The van der Waals surface area contributed by atoms with Crippen molar-refractivity contribution in [2.45, 2.75) is 6.18 Å². The van der Waals surface area contributed by atoms with Gasteiger partial charge >= 0.3 is 6.18 Å². The highest BCUT2D eigenvalue weighted by Crippen LogP contribution is 2.32. The SMILES string of the molecule is N#CC1=C(C(F)(F)F)C=C(c2ccccc2)[NH+]([O-])C1. The van der Waals surface area contributed by atoms with Crippen LogP contribution in [0.15, 0.2) is 47.6 Å². The van der Waals surface area contributed by atoms with Gasteiger partial charge in [0.2, 0.25) is 0 Å². The van der Waals surface area contributed by atoms with Gasteiger partial charge in [-0.1, -0.05) is 18.2 Å². The Labute approximate surface area is 107 Å². The summed E-state index contributed by atoms with van der Waals surface area (Å²) in [4.78, 5) is 0. The third kappa shape index (κ3) is 2.67. The van der Waals surface area contributed by atoms with E-state index in [4.69, 9.17) is 5.26 Å². The van der Waals surface area contributed by atoms with Gasteiger partial charge in [-0.05, 0) is 12.1 Å². The summed E-state index contributed by atoms with van der Waals surface area (Å²) in [6.07, 6.45) is -3.87. The summed E-state index contributed by atoms with van der Waals surface area (Å²) in [5.41, 5.74) is -1.15. The molecule has 2 rings (SSSR count). The zero-order valence-electron chi connectivity index (χ0n) is 9.66. The van der Waals surface area contributed by atoms with Gasteiger partial charge in [0.15, 0.2) is 0 Å². The summed E-state index contributed by atoms with van der Waals surface area (Å²) in [7, 11) is 0. The van der Waals surface area contributed by atoms with Crippen LogP contribution >= 0.6 is 0 Å². The van der Waals surface area contributed by atoms with Crippen LogP contribution in [0.2, 0.25) is 0 Å². The summed E-state index contributed by atoms with van der Waals surface area (Å²) < 4.78 is 38.5. The van der Waals surface area contributed by atoms with Crippen LogP contribution in [0.3, 0.4) is 0 Å². The lowest BCUT2D eigenvalue weighted by Crippen LogP contribution is -3.05. The van der Waals surface area contributed by atoms with Crippen LogP contribution in [0, 0.1) is 16.5 Å². The Balaban J connectivity index is 2.54. The van der Waals surface area contributed by atoms with Crippen LogP contribution in [0.25, 0.3) is 5.70 Å². The van der Waals surface area contributed by atoms with Crippen molar-refractivity contribution in [1.82, 2.24) is 0 Å². The number of alkyl halides is 3. The number of quaternary nitrogens is 1. The molecule has 1 heterocycles. The molecule has 1 aliphatic heterocycles. The molecule has 0 spiro atoms. The van der Waals surface area contributed by atoms with Crippen molar-refractivity contribution in [1.29, 1.82) is 5.26 Å². The minimum Gasteiger partial charge on any atom is -0.629 e. The second-order valence-corrected chi connectivity index (χ2v) is 4.03. The van der Waals surface area contributed by atoms with E-state index in [2.05, 4.69) is 0 Å². The van der Waals surface area contributed by atoms with Crippen molar-refractivity contribution in [3.63, 3.8) is 0 Å². The molecule has 0 saturated heterocycles. The summed E-state index contributed by atoms with van der Waals surface area (Å²) >= 11 is 0. The molecule has 3 nitrogen and oxygen atoms in total. The van der Waals surface area contributed by atoms with Crippen molar-refractivity contribution in [2.75, 3.05) is 6.54 Å². The number of nitriles is 1. The Bertz CT molecular complexity index is 582. The predicted molar refractivity (Wildman–Crippen MR) is 62.3 cm³/mol. The Morgan fingerprint density at radius 2 is 1.84 bits per heavy atom. The molecular formula is C13H9F3N2O. The van der Waals surface area contributed by atoms with E-state index in [1.54, 1.807) is 30.3 Å². The first-order valence-electron chi connectivity index (χ1n) is 5.44. The van der Waals surface area contributed by atoms with E-state index in [1.165, 1.54) is 6.07 Å². The van der Waals surface area contributed by atoms with Crippen LogP contribution in [-0.2, 0) is 0 Å². The summed E-state index contributed by atoms with van der Waals surface area (Å²) in [5.74, 6) is 0. The van der Waals surface area contributed by atoms with E-state index in [0.29, 0.717) is 5.56 Å². The number of hydroxylamine groups is 2. The highest BCUT2D eigenvalue weighted by molar-refractivity contribution is 5.64. The van der Waals surface area contributed by atoms with Gasteiger partial charge in [0.25, 0.3) is 0 Å². The van der Waals surface area contributed by atoms with Gasteiger partial charge in [0, 0.05) is 11.6 Å². The van der Waals surface area contributed by atoms with Gasteiger partial charge in [0.1, 0.15) is 18.3 Å². The Morgan fingerprint density at radius 3 is 2.37 bits per heavy atom. The van der Waals surface area contributed by atoms with Crippen LogP contribution in [-0.4, -0.2) is 12.7 Å². The first-order chi connectivity index (χ1) is 8.93. The molecular weight excluding hydrogens is 257 g/mol. The number of halogens is 3. The fraction of sp³-hybridized carbons (Fsp3) is 0.154. The van der Waals surface area contributed by atoms with Crippen molar-refractivity contribution in [3.8, 4) is 6.07 Å². The van der Waals surface area contributed by atoms with Gasteiger partial charge in [-0.15, -0.1) is 0 Å². The highest BCUT2D eigenvalue weighted by atomic mass is 19.4. The smallest absolute Gasteiger partial charge is 0.417 e. The van der Waals surface area contributed by atoms with Gasteiger partial charge < -0.3 is 10.3 Å². The molecule has 1 N–H and O–H groups in total. The molecule has 1 aromatic rings. The molecule has 1 atom stereocenters. The first kappa shape index (κ1) is 13.3. The molecule has 1 aromatic carbocycles. The Hall–Kier alpha value is -2.10. The van der Waals surface area contributed by atoms with E-state index < -0.39 is 28.9 Å². The zero-order chi connectivity index (χ0) is 14.0. The maximum atomic E-state index is 12.8. The fourth-order valence-corrected chi connectivity index (χ4v) is 1.88. The number of hydrogen-bond donors (Lipinski definition) is 1. The van der Waals surface area contributed by atoms with E-state index in [0.717, 1.165) is 6.08 Å². The molecule has 0 saturated carbocycles. The summed E-state index contributed by atoms with van der Waals surface area (Å²) in [6, 6.07) is 9.57. The second kappa shape index (κ2) is 4.88. The van der Waals surface area contributed by atoms with Crippen LogP contribution in [0.1, 0.15) is 5.56 Å². The van der Waals surface area contributed by atoms with Crippen LogP contribution in [0.4, 0.5) is 13.2 Å². The highest BCUT2D eigenvalue weighted by Gasteiger charge is 2.39. The number of rotatable bonds is 1. The maximum absolute atomic E-state index is 12.8. The van der Waals surface area contributed by atoms with Gasteiger partial charge in [-0.2, -0.15) is 18.4 Å². The zero-order valence-corrected chi connectivity index (χ0v) is 9.66. The molecule has 1 unspecified atom stereocenters. The molecule has 0 fully saturated rings. The standard InChI is InChI=1S/C13H9F3N2O/c14-13(15,16)11-6-12(9-4-2-1-3-5-9)18(19)8-10(11)7-17/h1-6,18H,8H2. The molecule has 98 valence electrons. The van der Waals surface area contributed by atoms with Gasteiger partial charge in [-0.25, -0.2) is 0 Å². The van der Waals surface area contributed by atoms with Gasteiger partial charge in [0.05, 0.1) is 11.1 Å². The number of nitrogens with one attached hydrogen (secondary N) is 1. The van der Waals surface area contributed by atoms with E-state index in [9.17, 15) is 18.4 Å². The van der Waals surface area contributed by atoms with Crippen LogP contribution in [0.5, 0.6) is 0 Å². The number of hydrogen-bond acceptors (Lipinski definition) is 2. The predicted octanol–water partition coefficient (Wildman–Crippen LogP) is 1.81. The molecule has 0 aromatic heterocycles. The summed E-state index contributed by atoms with van der Waals surface area (Å²) in [5, 5.41) is 20.0. The first-order valence-corrected chi connectivity index (χ1v) is 5.44. The quantitative estimate of drug-likeness (QED) is 0.788. The third-order valence-corrected chi connectivity index (χ3v) is 2.78. The fourth-order valence-electron chi connectivity index (χ4n) is 1.88. The molecule has 6 heteroatoms. The normalized spacial score (nSPS) is 19.9. The molecule has 0 radical (unpaired) electrons. The van der Waals surface area contributed by atoms with Crippen molar-refractivity contribution >= 4 is 5.70 Å². The van der Waals surface area contributed by atoms with E-state index in [-0.39, 0.29) is 5.70 Å². The van der Waals surface area contributed by atoms with Crippen molar-refractivity contribution < 1.29 is 18.2 Å². The lowest BCUT2D eigenvalue weighted by atomic mass is 10.00. The average Bonchev–Trinajstić information content (AvgIpc) is 2.38. The molecule has 19 heavy (non-hydrogen) atoms. The third-order valence-electron chi connectivity index (χ3n) is 2.78. The van der Waals surface area contributed by atoms with Crippen molar-refractivity contribution in [3.05, 3.63) is 58.3 Å². The van der Waals surface area contributed by atoms with E-state index >= 15 is 0 Å². The average molecular weight is 266 g/mol.